The molecule has 2 aromatic carbocycles. The summed E-state index contributed by atoms with van der Waals surface area (Å²) >= 11 is 0. The molecule has 192 valence electrons. The number of fused-ring (bicyclic) bond motifs is 2. The number of carbonyl (C=O) groups is 2. The van der Waals surface area contributed by atoms with Crippen molar-refractivity contribution in [3.63, 3.8) is 0 Å². The quantitative estimate of drug-likeness (QED) is 0.306. The van der Waals surface area contributed by atoms with Crippen LogP contribution >= 0.6 is 0 Å². The fraction of sp³-hybridized carbons (Fsp3) is 0.407. The molecule has 0 unspecified atom stereocenters. The maximum absolute atomic E-state index is 12.8. The molecule has 0 aliphatic carbocycles. The summed E-state index contributed by atoms with van der Waals surface area (Å²) in [7, 11) is 0. The molecule has 9 nitrogen and oxygen atoms in total. The summed E-state index contributed by atoms with van der Waals surface area (Å²) < 4.78 is 22.2. The Hall–Kier alpha value is -3.24. The van der Waals surface area contributed by atoms with E-state index in [2.05, 4.69) is 10.6 Å². The number of benzene rings is 2. The Balaban J connectivity index is 1.33. The Morgan fingerprint density at radius 3 is 2.42 bits per heavy atom. The predicted octanol–water partition coefficient (Wildman–Crippen LogP) is 2.54. The van der Waals surface area contributed by atoms with E-state index in [1.165, 1.54) is 0 Å². The zero-order chi connectivity index (χ0) is 25.5. The molecule has 0 spiro atoms. The molecule has 2 aliphatic rings. The summed E-state index contributed by atoms with van der Waals surface area (Å²) in [6, 6.07) is 12.9. The van der Waals surface area contributed by atoms with Crippen LogP contribution in [0.5, 0.6) is 0 Å². The van der Waals surface area contributed by atoms with Gasteiger partial charge < -0.3 is 34.7 Å². The van der Waals surface area contributed by atoms with E-state index in [1.807, 2.05) is 50.2 Å². The summed E-state index contributed by atoms with van der Waals surface area (Å²) in [6.45, 7) is 6.58. The second-order valence-corrected chi connectivity index (χ2v) is 8.89. The van der Waals surface area contributed by atoms with E-state index in [0.717, 1.165) is 22.4 Å². The van der Waals surface area contributed by atoms with Gasteiger partial charge in [0.25, 0.3) is 11.8 Å². The van der Waals surface area contributed by atoms with Crippen molar-refractivity contribution >= 4 is 28.8 Å². The van der Waals surface area contributed by atoms with Gasteiger partial charge in [0.05, 0.1) is 51.8 Å². The molecular weight excluding hydrogens is 464 g/mol. The molecule has 2 aliphatic heterocycles. The van der Waals surface area contributed by atoms with Crippen molar-refractivity contribution in [2.45, 2.75) is 19.4 Å². The Bertz CT molecular complexity index is 1140. The van der Waals surface area contributed by atoms with Crippen LogP contribution in [0.4, 0.5) is 5.69 Å². The van der Waals surface area contributed by atoms with Crippen LogP contribution in [0.1, 0.15) is 40.9 Å². The first-order chi connectivity index (χ1) is 17.4. The van der Waals surface area contributed by atoms with Gasteiger partial charge >= 0.3 is 0 Å². The monoisotopic (exact) mass is 496 g/mol. The molecule has 0 atom stereocenters. The SMILES string of the molecule is CC1(C)O/C(=C2/C(=O)Nc3ccccc32)c2ccc(C(=O)NCCOCCOCCOCCO)cc21. The molecule has 2 heterocycles. The van der Waals surface area contributed by atoms with Gasteiger partial charge in [0, 0.05) is 34.5 Å². The lowest BCUT2D eigenvalue weighted by Gasteiger charge is -2.20. The second-order valence-electron chi connectivity index (χ2n) is 8.89. The van der Waals surface area contributed by atoms with Crippen molar-refractivity contribution < 1.29 is 33.6 Å². The van der Waals surface area contributed by atoms with Gasteiger partial charge in [-0.25, -0.2) is 0 Å². The van der Waals surface area contributed by atoms with Crippen molar-refractivity contribution in [2.75, 3.05) is 58.1 Å². The molecule has 36 heavy (non-hydrogen) atoms. The molecular formula is C27H32N2O7. The Labute approximate surface area is 210 Å². The van der Waals surface area contributed by atoms with Gasteiger partial charge in [0.2, 0.25) is 0 Å². The number of anilines is 1. The van der Waals surface area contributed by atoms with Gasteiger partial charge in [0.1, 0.15) is 11.4 Å². The average Bonchev–Trinajstić information content (AvgIpc) is 3.34. The van der Waals surface area contributed by atoms with Crippen LogP contribution in [0.2, 0.25) is 0 Å². The molecule has 9 heteroatoms. The van der Waals surface area contributed by atoms with Crippen molar-refractivity contribution in [2.24, 2.45) is 0 Å². The van der Waals surface area contributed by atoms with E-state index in [1.54, 1.807) is 6.07 Å². The maximum Gasteiger partial charge on any atom is 0.260 e. The number of para-hydroxylation sites is 1. The van der Waals surface area contributed by atoms with Crippen LogP contribution in [-0.2, 0) is 29.3 Å². The lowest BCUT2D eigenvalue weighted by atomic mass is 9.92. The van der Waals surface area contributed by atoms with Crippen LogP contribution in [0.25, 0.3) is 11.3 Å². The fourth-order valence-electron chi connectivity index (χ4n) is 4.22. The predicted molar refractivity (Wildman–Crippen MR) is 134 cm³/mol. The number of amides is 2. The van der Waals surface area contributed by atoms with Crippen molar-refractivity contribution in [3.8, 4) is 0 Å². The number of nitrogens with one attached hydrogen (secondary N) is 2. The minimum absolute atomic E-state index is 0.00140. The van der Waals surface area contributed by atoms with Gasteiger partial charge in [-0.15, -0.1) is 0 Å². The minimum Gasteiger partial charge on any atom is -0.482 e. The fourth-order valence-corrected chi connectivity index (χ4v) is 4.22. The number of hydrogen-bond acceptors (Lipinski definition) is 7. The summed E-state index contributed by atoms with van der Waals surface area (Å²) in [4.78, 5) is 25.5. The third kappa shape index (κ3) is 5.76. The number of rotatable bonds is 12. The summed E-state index contributed by atoms with van der Waals surface area (Å²) in [5, 5.41) is 14.4. The largest absolute Gasteiger partial charge is 0.482 e. The second kappa shape index (κ2) is 11.7. The van der Waals surface area contributed by atoms with E-state index in [9.17, 15) is 9.59 Å². The molecule has 4 rings (SSSR count). The third-order valence-corrected chi connectivity index (χ3v) is 5.94. The van der Waals surface area contributed by atoms with Crippen LogP contribution in [0, 0.1) is 0 Å². The Morgan fingerprint density at radius 2 is 1.67 bits per heavy atom. The minimum atomic E-state index is -0.696. The molecule has 0 radical (unpaired) electrons. The van der Waals surface area contributed by atoms with Crippen LogP contribution < -0.4 is 10.6 Å². The lowest BCUT2D eigenvalue weighted by molar-refractivity contribution is -0.110. The first-order valence-corrected chi connectivity index (χ1v) is 12.0. The molecule has 0 fully saturated rings. The molecule has 0 bridgehead atoms. The highest BCUT2D eigenvalue weighted by atomic mass is 16.5. The van der Waals surface area contributed by atoms with Crippen LogP contribution in [-0.4, -0.2) is 69.7 Å². The normalized spacial score (nSPS) is 17.4. The topological polar surface area (TPSA) is 115 Å². The zero-order valence-corrected chi connectivity index (χ0v) is 20.6. The third-order valence-electron chi connectivity index (χ3n) is 5.94. The van der Waals surface area contributed by atoms with Gasteiger partial charge in [-0.1, -0.05) is 24.3 Å². The molecule has 0 saturated heterocycles. The Kier molecular flexibility index (Phi) is 8.37. The number of hydrogen-bond donors (Lipinski definition) is 3. The highest BCUT2D eigenvalue weighted by Gasteiger charge is 2.40. The van der Waals surface area contributed by atoms with E-state index >= 15 is 0 Å². The highest BCUT2D eigenvalue weighted by Crippen LogP contribution is 2.48. The number of aliphatic hydroxyl groups is 1. The summed E-state index contributed by atoms with van der Waals surface area (Å²) in [6.07, 6.45) is 0. The summed E-state index contributed by atoms with van der Waals surface area (Å²) in [5.74, 6) is 0.122. The Morgan fingerprint density at radius 1 is 0.972 bits per heavy atom. The molecule has 2 amide bonds. The average molecular weight is 497 g/mol. The van der Waals surface area contributed by atoms with Crippen LogP contribution in [0.3, 0.4) is 0 Å². The van der Waals surface area contributed by atoms with Crippen molar-refractivity contribution in [1.29, 1.82) is 0 Å². The van der Waals surface area contributed by atoms with Gasteiger partial charge in [0.15, 0.2) is 0 Å². The van der Waals surface area contributed by atoms with E-state index in [0.29, 0.717) is 63.1 Å². The highest BCUT2D eigenvalue weighted by molar-refractivity contribution is 6.36. The first-order valence-electron chi connectivity index (χ1n) is 12.0. The number of carbonyl (C=O) groups excluding carboxylic acids is 2. The first kappa shape index (κ1) is 25.8. The van der Waals surface area contributed by atoms with Gasteiger partial charge in [-0.2, -0.15) is 0 Å². The zero-order valence-electron chi connectivity index (χ0n) is 20.6. The van der Waals surface area contributed by atoms with E-state index in [4.69, 9.17) is 24.1 Å². The van der Waals surface area contributed by atoms with E-state index < -0.39 is 5.60 Å². The molecule has 3 N–H and O–H groups in total. The van der Waals surface area contributed by atoms with Crippen LogP contribution in [0.15, 0.2) is 42.5 Å². The van der Waals surface area contributed by atoms with Crippen molar-refractivity contribution in [3.05, 3.63) is 64.7 Å². The molecule has 0 saturated carbocycles. The number of aliphatic hydroxyl groups excluding tert-OH is 1. The molecule has 0 aromatic heterocycles. The maximum atomic E-state index is 12.8. The van der Waals surface area contributed by atoms with Gasteiger partial charge in [-0.05, 0) is 32.0 Å². The number of ether oxygens (including phenoxy) is 4. The standard InChI is InChI=1S/C27H32N2O7/c1-27(2)21-17-18(25(31)28-9-11-33-13-15-35-16-14-34-12-10-30)7-8-19(21)24(36-27)23-20-5-3-4-6-22(20)29-26(23)32/h3-8,17,30H,9-16H2,1-2H3,(H,28,31)(H,29,32)/b24-23+. The molecule has 2 aromatic rings. The van der Waals surface area contributed by atoms with Crippen molar-refractivity contribution in [1.82, 2.24) is 5.32 Å². The van der Waals surface area contributed by atoms with Gasteiger partial charge in [-0.3, -0.25) is 9.59 Å². The summed E-state index contributed by atoms with van der Waals surface area (Å²) in [5.41, 5.74) is 3.56. The lowest BCUT2D eigenvalue weighted by Crippen LogP contribution is -2.28. The smallest absolute Gasteiger partial charge is 0.260 e. The van der Waals surface area contributed by atoms with E-state index in [-0.39, 0.29) is 18.4 Å².